The fraction of sp³-hybridized carbons (Fsp3) is 0.458. The Hall–Kier alpha value is -3.25. The number of carbonyl (C=O) groups is 1. The highest BCUT2D eigenvalue weighted by Crippen LogP contribution is 2.32. The minimum Gasteiger partial charge on any atom is -0.466 e. The molecule has 10 nitrogen and oxygen atoms in total. The van der Waals surface area contributed by atoms with Crippen molar-refractivity contribution in [2.24, 2.45) is 5.18 Å². The van der Waals surface area contributed by atoms with Crippen molar-refractivity contribution in [1.82, 2.24) is 9.97 Å². The standard InChI is InChI=1S/C24H31FN4O6S/c1-6-35-21(31)14-19(30)13-18(28-32)11-12-20-22(15(2)3)26-24(29(4)36(5,33)34)27-23(20)16-7-9-17(25)10-8-16/h7-12,15,18-19,30H,6,13-14H2,1-5H3/b12-11+/t18-,19-/m1/s1. The van der Waals surface area contributed by atoms with E-state index in [4.69, 9.17) is 4.74 Å². The van der Waals surface area contributed by atoms with Crippen LogP contribution in [-0.2, 0) is 19.6 Å². The second-order valence-corrected chi connectivity index (χ2v) is 10.5. The number of rotatable bonds is 12. The number of ether oxygens (including phenoxy) is 1. The summed E-state index contributed by atoms with van der Waals surface area (Å²) >= 11 is 0. The van der Waals surface area contributed by atoms with E-state index < -0.39 is 34.0 Å². The van der Waals surface area contributed by atoms with Gasteiger partial charge in [0.1, 0.15) is 11.9 Å². The lowest BCUT2D eigenvalue weighted by Crippen LogP contribution is -2.27. The third-order valence-corrected chi connectivity index (χ3v) is 6.41. The summed E-state index contributed by atoms with van der Waals surface area (Å²) in [6, 6.07) is 4.53. The quantitative estimate of drug-likeness (QED) is 0.329. The number of nitroso groups, excluding NO2 is 1. The zero-order chi connectivity index (χ0) is 27.0. The monoisotopic (exact) mass is 522 g/mol. The number of anilines is 1. The van der Waals surface area contributed by atoms with Crippen molar-refractivity contribution in [3.8, 4) is 11.3 Å². The van der Waals surface area contributed by atoms with Crippen LogP contribution in [0.2, 0.25) is 0 Å². The van der Waals surface area contributed by atoms with E-state index in [1.54, 1.807) is 13.0 Å². The molecule has 2 aromatic rings. The topological polar surface area (TPSA) is 139 Å². The Balaban J connectivity index is 2.57. The molecule has 0 radical (unpaired) electrons. The smallest absolute Gasteiger partial charge is 0.308 e. The molecule has 0 saturated heterocycles. The van der Waals surface area contributed by atoms with Crippen molar-refractivity contribution in [2.75, 3.05) is 24.2 Å². The van der Waals surface area contributed by atoms with E-state index in [-0.39, 0.29) is 31.3 Å². The number of carbonyl (C=O) groups excluding carboxylic acids is 1. The molecule has 0 bridgehead atoms. The van der Waals surface area contributed by atoms with Gasteiger partial charge in [0.15, 0.2) is 0 Å². The molecule has 12 heteroatoms. The van der Waals surface area contributed by atoms with Crippen LogP contribution in [0.1, 0.15) is 50.8 Å². The average Bonchev–Trinajstić information content (AvgIpc) is 2.80. The molecule has 0 spiro atoms. The van der Waals surface area contributed by atoms with Crippen LogP contribution in [0.25, 0.3) is 17.3 Å². The highest BCUT2D eigenvalue weighted by atomic mass is 32.2. The summed E-state index contributed by atoms with van der Waals surface area (Å²) in [6.45, 7) is 5.54. The maximum Gasteiger partial charge on any atom is 0.308 e. The summed E-state index contributed by atoms with van der Waals surface area (Å²) in [5.74, 6) is -1.29. The van der Waals surface area contributed by atoms with Gasteiger partial charge in [0.2, 0.25) is 16.0 Å². The van der Waals surface area contributed by atoms with Crippen LogP contribution in [0.4, 0.5) is 10.3 Å². The van der Waals surface area contributed by atoms with Crippen molar-refractivity contribution < 1.29 is 27.4 Å². The van der Waals surface area contributed by atoms with E-state index >= 15 is 0 Å². The molecular weight excluding hydrogens is 491 g/mol. The highest BCUT2D eigenvalue weighted by Gasteiger charge is 2.23. The normalized spacial score (nSPS) is 13.6. The maximum absolute atomic E-state index is 13.6. The van der Waals surface area contributed by atoms with Crippen LogP contribution in [0.3, 0.4) is 0 Å². The largest absolute Gasteiger partial charge is 0.466 e. The number of nitrogens with zero attached hydrogens (tertiary/aromatic N) is 4. The molecule has 0 unspecified atom stereocenters. The van der Waals surface area contributed by atoms with Crippen molar-refractivity contribution >= 4 is 28.0 Å². The van der Waals surface area contributed by atoms with Crippen molar-refractivity contribution in [3.63, 3.8) is 0 Å². The van der Waals surface area contributed by atoms with Crippen molar-refractivity contribution in [1.29, 1.82) is 0 Å². The predicted molar refractivity (Wildman–Crippen MR) is 135 cm³/mol. The third kappa shape index (κ3) is 7.89. The minimum atomic E-state index is -3.67. The van der Waals surface area contributed by atoms with Crippen LogP contribution in [-0.4, -0.2) is 61.5 Å². The lowest BCUT2D eigenvalue weighted by Gasteiger charge is -2.20. The predicted octanol–water partition coefficient (Wildman–Crippen LogP) is 3.65. The fourth-order valence-electron chi connectivity index (χ4n) is 3.33. The van der Waals surface area contributed by atoms with E-state index in [1.807, 2.05) is 13.8 Å². The number of aromatic nitrogens is 2. The van der Waals surface area contributed by atoms with E-state index in [0.717, 1.165) is 10.6 Å². The first kappa shape index (κ1) is 29.0. The Morgan fingerprint density at radius 2 is 1.89 bits per heavy atom. The first-order valence-electron chi connectivity index (χ1n) is 11.3. The zero-order valence-electron chi connectivity index (χ0n) is 20.9. The lowest BCUT2D eigenvalue weighted by atomic mass is 9.97. The molecule has 2 atom stereocenters. The highest BCUT2D eigenvalue weighted by molar-refractivity contribution is 7.92. The summed E-state index contributed by atoms with van der Waals surface area (Å²) in [4.78, 5) is 32.0. The first-order chi connectivity index (χ1) is 16.9. The van der Waals surface area contributed by atoms with E-state index in [9.17, 15) is 27.6 Å². The van der Waals surface area contributed by atoms with Crippen LogP contribution >= 0.6 is 0 Å². The van der Waals surface area contributed by atoms with Gasteiger partial charge in [-0.15, -0.1) is 0 Å². The number of aliphatic hydroxyl groups is 1. The molecule has 2 rings (SSSR count). The van der Waals surface area contributed by atoms with Crippen LogP contribution in [0.5, 0.6) is 0 Å². The van der Waals surface area contributed by atoms with Gasteiger partial charge < -0.3 is 9.84 Å². The summed E-state index contributed by atoms with van der Waals surface area (Å²) in [5.41, 5.74) is 1.80. The van der Waals surface area contributed by atoms with Gasteiger partial charge in [-0.1, -0.05) is 31.2 Å². The molecule has 1 aromatic heterocycles. The number of esters is 1. The summed E-state index contributed by atoms with van der Waals surface area (Å²) in [7, 11) is -2.34. The van der Waals surface area contributed by atoms with Gasteiger partial charge in [0, 0.05) is 24.6 Å². The Morgan fingerprint density at radius 3 is 2.42 bits per heavy atom. The van der Waals surface area contributed by atoms with Gasteiger partial charge in [-0.3, -0.25) is 4.79 Å². The molecule has 1 heterocycles. The van der Waals surface area contributed by atoms with E-state index in [2.05, 4.69) is 15.1 Å². The van der Waals surface area contributed by atoms with Gasteiger partial charge in [-0.2, -0.15) is 4.91 Å². The number of aliphatic hydroxyl groups excluding tert-OH is 1. The van der Waals surface area contributed by atoms with Gasteiger partial charge in [0.25, 0.3) is 0 Å². The summed E-state index contributed by atoms with van der Waals surface area (Å²) < 4.78 is 43.6. The molecule has 0 aliphatic heterocycles. The molecule has 0 saturated carbocycles. The molecule has 0 aliphatic carbocycles. The molecule has 1 aromatic carbocycles. The Bertz CT molecular complexity index is 1200. The number of benzene rings is 1. The second-order valence-electron chi connectivity index (χ2n) is 8.49. The summed E-state index contributed by atoms with van der Waals surface area (Å²) in [5, 5.41) is 13.2. The summed E-state index contributed by atoms with van der Waals surface area (Å²) in [6.07, 6.45) is 2.53. The van der Waals surface area contributed by atoms with Gasteiger partial charge in [0.05, 0.1) is 36.8 Å². The maximum atomic E-state index is 13.6. The molecular formula is C24H31FN4O6S. The number of hydrogen-bond acceptors (Lipinski definition) is 9. The second kappa shape index (κ2) is 12.6. The number of sulfonamides is 1. The number of halogens is 1. The Morgan fingerprint density at radius 1 is 1.25 bits per heavy atom. The SMILES string of the molecule is CCOC(=O)C[C@H](O)C[C@@H](/C=C/c1c(-c2ccc(F)cc2)nc(N(C)S(C)(=O)=O)nc1C(C)C)N=O. The third-order valence-electron chi connectivity index (χ3n) is 5.25. The Labute approximate surface area is 210 Å². The fourth-order valence-corrected chi connectivity index (χ4v) is 3.71. The van der Waals surface area contributed by atoms with Crippen molar-refractivity contribution in [2.45, 2.75) is 51.7 Å². The van der Waals surface area contributed by atoms with E-state index in [0.29, 0.717) is 22.5 Å². The Kier molecular flexibility index (Phi) is 10.2. The van der Waals surface area contributed by atoms with Gasteiger partial charge in [-0.05, 0) is 37.1 Å². The molecule has 36 heavy (non-hydrogen) atoms. The van der Waals surface area contributed by atoms with Crippen LogP contribution in [0, 0.1) is 10.7 Å². The molecule has 0 fully saturated rings. The molecule has 0 amide bonds. The first-order valence-corrected chi connectivity index (χ1v) is 13.2. The average molecular weight is 523 g/mol. The van der Waals surface area contributed by atoms with Crippen LogP contribution < -0.4 is 4.31 Å². The molecule has 196 valence electrons. The van der Waals surface area contributed by atoms with Gasteiger partial charge >= 0.3 is 5.97 Å². The minimum absolute atomic E-state index is 0.0624. The molecule has 1 N–H and O–H groups in total. The van der Waals surface area contributed by atoms with Crippen LogP contribution in [0.15, 0.2) is 35.5 Å². The van der Waals surface area contributed by atoms with Crippen molar-refractivity contribution in [3.05, 3.63) is 52.3 Å². The van der Waals surface area contributed by atoms with E-state index in [1.165, 1.54) is 37.4 Å². The van der Waals surface area contributed by atoms with Gasteiger partial charge in [-0.25, -0.2) is 27.1 Å². The lowest BCUT2D eigenvalue weighted by molar-refractivity contribution is -0.145. The molecule has 0 aliphatic rings. The number of hydrogen-bond donors (Lipinski definition) is 1. The zero-order valence-corrected chi connectivity index (χ0v) is 21.7.